The highest BCUT2D eigenvalue weighted by Gasteiger charge is 2.19. The van der Waals surface area contributed by atoms with Crippen molar-refractivity contribution < 1.29 is 4.79 Å². The van der Waals surface area contributed by atoms with E-state index in [1.54, 1.807) is 16.8 Å². The summed E-state index contributed by atoms with van der Waals surface area (Å²) in [5.74, 6) is 0.101. The molecule has 0 saturated carbocycles. The first-order valence-electron chi connectivity index (χ1n) is 8.66. The van der Waals surface area contributed by atoms with Crippen molar-refractivity contribution in [3.63, 3.8) is 0 Å². The van der Waals surface area contributed by atoms with Gasteiger partial charge in [0, 0.05) is 30.0 Å². The number of aromatic nitrogens is 4. The molecule has 0 bridgehead atoms. The number of carbonyl (C=O) groups is 1. The Morgan fingerprint density at radius 1 is 1.19 bits per heavy atom. The molecule has 1 fully saturated rings. The van der Waals surface area contributed by atoms with E-state index in [0.29, 0.717) is 16.5 Å². The minimum Gasteiger partial charge on any atom is -0.370 e. The fourth-order valence-corrected chi connectivity index (χ4v) is 3.37. The molecular weight excluding hydrogens is 352 g/mol. The minimum atomic E-state index is -0.379. The largest absolute Gasteiger partial charge is 0.370 e. The van der Waals surface area contributed by atoms with Gasteiger partial charge in [-0.05, 0) is 50.5 Å². The van der Waals surface area contributed by atoms with Crippen LogP contribution in [0.15, 0.2) is 30.5 Å². The van der Waals surface area contributed by atoms with Gasteiger partial charge in [0.05, 0.1) is 11.4 Å². The summed E-state index contributed by atoms with van der Waals surface area (Å²) in [4.78, 5) is 23.3. The summed E-state index contributed by atoms with van der Waals surface area (Å²) in [6.07, 6.45) is 5.18. The van der Waals surface area contributed by atoms with E-state index in [9.17, 15) is 4.79 Å². The number of carbonyl (C=O) groups excluding carboxylic acids is 1. The van der Waals surface area contributed by atoms with Crippen molar-refractivity contribution in [3.05, 3.63) is 47.0 Å². The van der Waals surface area contributed by atoms with Crippen molar-refractivity contribution in [3.8, 4) is 0 Å². The summed E-state index contributed by atoms with van der Waals surface area (Å²) >= 11 is 6.16. The van der Waals surface area contributed by atoms with Gasteiger partial charge in [0.15, 0.2) is 0 Å². The molecule has 0 aliphatic carbocycles. The van der Waals surface area contributed by atoms with Crippen molar-refractivity contribution in [1.29, 1.82) is 0 Å². The van der Waals surface area contributed by atoms with Gasteiger partial charge in [0.25, 0.3) is 11.7 Å². The molecule has 1 N–H and O–H groups in total. The lowest BCUT2D eigenvalue weighted by Gasteiger charge is -2.30. The first-order valence-corrected chi connectivity index (χ1v) is 9.04. The van der Waals surface area contributed by atoms with Gasteiger partial charge >= 0.3 is 0 Å². The number of benzene rings is 1. The number of nitrogens with one attached hydrogen (secondary N) is 1. The smallest absolute Gasteiger partial charge is 0.295 e. The second-order valence-electron chi connectivity index (χ2n) is 6.40. The van der Waals surface area contributed by atoms with E-state index in [1.165, 1.54) is 6.42 Å². The number of halogens is 1. The standard InChI is InChI=1S/C18H19ClN6O/c1-12-7-8-20-18-22-16(23-25(12)18)17(26)21-14-11-13(19)5-6-15(14)24-9-3-2-4-10-24/h5-8,11H,2-4,9-10H2,1H3,(H,21,26). The number of hydrogen-bond acceptors (Lipinski definition) is 5. The SMILES string of the molecule is Cc1ccnc2nc(C(=O)Nc3cc(Cl)ccc3N3CCCCC3)nn12. The predicted octanol–water partition coefficient (Wildman–Crippen LogP) is 3.33. The number of rotatable bonds is 3. The van der Waals surface area contributed by atoms with Crippen molar-refractivity contribution >= 4 is 34.7 Å². The van der Waals surface area contributed by atoms with Crippen LogP contribution in [-0.2, 0) is 0 Å². The first-order chi connectivity index (χ1) is 12.6. The van der Waals surface area contributed by atoms with Gasteiger partial charge in [-0.25, -0.2) is 9.50 Å². The Hall–Kier alpha value is -2.67. The minimum absolute atomic E-state index is 0.0800. The Labute approximate surface area is 156 Å². The second-order valence-corrected chi connectivity index (χ2v) is 6.83. The lowest BCUT2D eigenvalue weighted by molar-refractivity contribution is 0.101. The summed E-state index contributed by atoms with van der Waals surface area (Å²) in [5.41, 5.74) is 2.51. The fourth-order valence-electron chi connectivity index (χ4n) is 3.20. The van der Waals surface area contributed by atoms with E-state index < -0.39 is 0 Å². The average Bonchev–Trinajstić information content (AvgIpc) is 3.09. The molecule has 1 aliphatic rings. The molecule has 134 valence electrons. The lowest BCUT2D eigenvalue weighted by atomic mass is 10.1. The monoisotopic (exact) mass is 370 g/mol. The molecule has 0 radical (unpaired) electrons. The van der Waals surface area contributed by atoms with Crippen molar-refractivity contribution in [2.75, 3.05) is 23.3 Å². The van der Waals surface area contributed by atoms with Crippen LogP contribution < -0.4 is 10.2 Å². The maximum atomic E-state index is 12.7. The molecule has 1 amide bonds. The summed E-state index contributed by atoms with van der Waals surface area (Å²) < 4.78 is 1.55. The Balaban J connectivity index is 1.64. The number of anilines is 2. The predicted molar refractivity (Wildman–Crippen MR) is 101 cm³/mol. The van der Waals surface area contributed by atoms with Crippen LogP contribution in [0.4, 0.5) is 11.4 Å². The highest BCUT2D eigenvalue weighted by molar-refractivity contribution is 6.31. The fraction of sp³-hybridized carbons (Fsp3) is 0.333. The molecule has 1 aliphatic heterocycles. The van der Waals surface area contributed by atoms with Crippen LogP contribution in [-0.4, -0.2) is 38.6 Å². The number of amides is 1. The van der Waals surface area contributed by atoms with E-state index in [1.807, 2.05) is 25.1 Å². The number of piperidine rings is 1. The highest BCUT2D eigenvalue weighted by Crippen LogP contribution is 2.31. The Morgan fingerprint density at radius 2 is 2.00 bits per heavy atom. The third-order valence-corrected chi connectivity index (χ3v) is 4.77. The van der Waals surface area contributed by atoms with E-state index in [4.69, 9.17) is 11.6 Å². The molecule has 8 heteroatoms. The third-order valence-electron chi connectivity index (χ3n) is 4.54. The molecule has 2 aromatic heterocycles. The third kappa shape index (κ3) is 3.22. The van der Waals surface area contributed by atoms with Crippen LogP contribution in [0.5, 0.6) is 0 Å². The molecule has 7 nitrogen and oxygen atoms in total. The summed E-state index contributed by atoms with van der Waals surface area (Å²) in [6, 6.07) is 7.38. The van der Waals surface area contributed by atoms with Gasteiger partial charge in [-0.2, -0.15) is 4.98 Å². The van der Waals surface area contributed by atoms with Gasteiger partial charge in [-0.1, -0.05) is 11.6 Å². The maximum absolute atomic E-state index is 12.7. The highest BCUT2D eigenvalue weighted by atomic mass is 35.5. The molecule has 0 atom stereocenters. The Morgan fingerprint density at radius 3 is 2.77 bits per heavy atom. The first kappa shape index (κ1) is 16.8. The zero-order valence-corrected chi connectivity index (χ0v) is 15.2. The van der Waals surface area contributed by atoms with Gasteiger partial charge in [-0.3, -0.25) is 4.79 Å². The van der Waals surface area contributed by atoms with E-state index in [-0.39, 0.29) is 11.7 Å². The zero-order chi connectivity index (χ0) is 18.1. The number of nitrogens with zero attached hydrogens (tertiary/aromatic N) is 5. The Kier molecular flexibility index (Phi) is 4.46. The maximum Gasteiger partial charge on any atom is 0.295 e. The average molecular weight is 371 g/mol. The van der Waals surface area contributed by atoms with Crippen LogP contribution in [0, 0.1) is 6.92 Å². The normalized spacial score (nSPS) is 14.6. The summed E-state index contributed by atoms with van der Waals surface area (Å²) in [7, 11) is 0. The second kappa shape index (κ2) is 6.92. The molecule has 26 heavy (non-hydrogen) atoms. The number of hydrogen-bond donors (Lipinski definition) is 1. The molecule has 3 heterocycles. The molecule has 3 aromatic rings. The molecule has 4 rings (SSSR count). The molecule has 0 unspecified atom stereocenters. The summed E-state index contributed by atoms with van der Waals surface area (Å²) in [5, 5.41) is 7.74. The van der Waals surface area contributed by atoms with E-state index >= 15 is 0 Å². The van der Waals surface area contributed by atoms with Crippen molar-refractivity contribution in [1.82, 2.24) is 19.6 Å². The van der Waals surface area contributed by atoms with Crippen LogP contribution in [0.2, 0.25) is 5.02 Å². The molecule has 1 saturated heterocycles. The molecule has 1 aromatic carbocycles. The van der Waals surface area contributed by atoms with Crippen LogP contribution in [0.1, 0.15) is 35.6 Å². The quantitative estimate of drug-likeness (QED) is 0.765. The van der Waals surface area contributed by atoms with E-state index in [0.717, 1.165) is 37.3 Å². The topological polar surface area (TPSA) is 75.4 Å². The number of fused-ring (bicyclic) bond motifs is 1. The summed E-state index contributed by atoms with van der Waals surface area (Å²) in [6.45, 7) is 3.83. The number of aryl methyl sites for hydroxylation is 1. The van der Waals surface area contributed by atoms with Crippen LogP contribution in [0.3, 0.4) is 0 Å². The van der Waals surface area contributed by atoms with Crippen LogP contribution >= 0.6 is 11.6 Å². The van der Waals surface area contributed by atoms with Gasteiger partial charge in [-0.15, -0.1) is 5.10 Å². The Bertz CT molecular complexity index is 963. The zero-order valence-electron chi connectivity index (χ0n) is 14.4. The lowest BCUT2D eigenvalue weighted by Crippen LogP contribution is -2.30. The van der Waals surface area contributed by atoms with E-state index in [2.05, 4.69) is 25.3 Å². The van der Waals surface area contributed by atoms with Crippen molar-refractivity contribution in [2.45, 2.75) is 26.2 Å². The van der Waals surface area contributed by atoms with Crippen LogP contribution in [0.25, 0.3) is 5.78 Å². The van der Waals surface area contributed by atoms with Gasteiger partial charge in [0.1, 0.15) is 0 Å². The van der Waals surface area contributed by atoms with Crippen molar-refractivity contribution in [2.24, 2.45) is 0 Å². The van der Waals surface area contributed by atoms with Gasteiger partial charge in [0.2, 0.25) is 5.82 Å². The molecule has 0 spiro atoms. The molecular formula is C18H19ClN6O. The van der Waals surface area contributed by atoms with Gasteiger partial charge < -0.3 is 10.2 Å².